The predicted molar refractivity (Wildman–Crippen MR) is 55.1 cm³/mol. The molecule has 0 fully saturated rings. The molecule has 1 atom stereocenters. The van der Waals surface area contributed by atoms with Crippen molar-refractivity contribution in [1.29, 1.82) is 0 Å². The van der Waals surface area contributed by atoms with Crippen LogP contribution in [-0.2, 0) is 10.1 Å². The number of carbonyl (C=O) groups is 1. The Morgan fingerprint density at radius 2 is 2.15 bits per heavy atom. The Morgan fingerprint density at radius 3 is 2.69 bits per heavy atom. The van der Waals surface area contributed by atoms with E-state index in [4.69, 9.17) is 5.11 Å². The molecule has 0 spiro atoms. The fourth-order valence-corrected chi connectivity index (χ4v) is 1.72. The van der Waals surface area contributed by atoms with E-state index in [1.165, 1.54) is 0 Å². The van der Waals surface area contributed by atoms with Crippen LogP contribution >= 0.6 is 15.9 Å². The van der Waals surface area contributed by atoms with Gasteiger partial charge >= 0.3 is 5.97 Å². The Morgan fingerprint density at radius 1 is 1.54 bits per heavy atom. The molecule has 0 unspecified atom stereocenters. The molecule has 2 nitrogen and oxygen atoms in total. The zero-order chi connectivity index (χ0) is 9.84. The molecule has 1 aromatic carbocycles. The zero-order valence-electron chi connectivity index (χ0n) is 7.33. The van der Waals surface area contributed by atoms with Gasteiger partial charge in [0.05, 0.1) is 5.92 Å². The molecule has 0 heterocycles. The molecule has 0 amide bonds. The van der Waals surface area contributed by atoms with Crippen molar-refractivity contribution < 1.29 is 9.90 Å². The first-order valence-electron chi connectivity index (χ1n) is 4.03. The third-order valence-electron chi connectivity index (χ3n) is 2.04. The number of aliphatic carboxylic acids is 1. The first-order chi connectivity index (χ1) is 6.16. The third kappa shape index (κ3) is 2.31. The molecule has 1 N–H and O–H groups in total. The number of rotatable bonds is 3. The van der Waals surface area contributed by atoms with Crippen LogP contribution in [0.2, 0.25) is 0 Å². The largest absolute Gasteiger partial charge is 0.481 e. The minimum Gasteiger partial charge on any atom is -0.481 e. The van der Waals surface area contributed by atoms with E-state index >= 15 is 0 Å². The maximum absolute atomic E-state index is 10.8. The first kappa shape index (κ1) is 10.3. The SMILES string of the molecule is C[C@@H](C(=O)O)c1ccccc1CBr. The predicted octanol–water partition coefficient (Wildman–Crippen LogP) is 2.77. The van der Waals surface area contributed by atoms with Gasteiger partial charge in [0.2, 0.25) is 0 Å². The molecular formula is C10H11BrO2. The molecule has 0 saturated heterocycles. The van der Waals surface area contributed by atoms with E-state index in [0.29, 0.717) is 5.33 Å². The molecule has 70 valence electrons. The fraction of sp³-hybridized carbons (Fsp3) is 0.300. The topological polar surface area (TPSA) is 37.3 Å². The molecule has 0 radical (unpaired) electrons. The summed E-state index contributed by atoms with van der Waals surface area (Å²) < 4.78 is 0. The summed E-state index contributed by atoms with van der Waals surface area (Å²) >= 11 is 3.33. The molecule has 0 aliphatic carbocycles. The molecular weight excluding hydrogens is 232 g/mol. The van der Waals surface area contributed by atoms with E-state index in [2.05, 4.69) is 15.9 Å². The van der Waals surface area contributed by atoms with Crippen LogP contribution in [0, 0.1) is 0 Å². The minimum absolute atomic E-state index is 0.436. The average Bonchev–Trinajstić information content (AvgIpc) is 2.16. The highest BCUT2D eigenvalue weighted by Gasteiger charge is 2.15. The van der Waals surface area contributed by atoms with Gasteiger partial charge in [0, 0.05) is 5.33 Å². The van der Waals surface area contributed by atoms with E-state index in [9.17, 15) is 4.79 Å². The van der Waals surface area contributed by atoms with Gasteiger partial charge in [-0.2, -0.15) is 0 Å². The summed E-state index contributed by atoms with van der Waals surface area (Å²) in [5.41, 5.74) is 1.92. The van der Waals surface area contributed by atoms with Gasteiger partial charge in [0.1, 0.15) is 0 Å². The van der Waals surface area contributed by atoms with E-state index in [-0.39, 0.29) is 0 Å². The lowest BCUT2D eigenvalue weighted by Gasteiger charge is -2.10. The summed E-state index contributed by atoms with van der Waals surface area (Å²) in [7, 11) is 0. The van der Waals surface area contributed by atoms with Crippen LogP contribution < -0.4 is 0 Å². The van der Waals surface area contributed by atoms with E-state index in [0.717, 1.165) is 11.1 Å². The Kier molecular flexibility index (Phi) is 3.48. The molecule has 1 aromatic rings. The van der Waals surface area contributed by atoms with Crippen molar-refractivity contribution >= 4 is 21.9 Å². The maximum atomic E-state index is 10.8. The van der Waals surface area contributed by atoms with Gasteiger partial charge in [-0.25, -0.2) is 0 Å². The number of hydrogen-bond acceptors (Lipinski definition) is 1. The van der Waals surface area contributed by atoms with Gasteiger partial charge in [0.25, 0.3) is 0 Å². The van der Waals surface area contributed by atoms with Crippen molar-refractivity contribution in [2.24, 2.45) is 0 Å². The quantitative estimate of drug-likeness (QED) is 0.829. The molecule has 1 rings (SSSR count). The monoisotopic (exact) mass is 242 g/mol. The maximum Gasteiger partial charge on any atom is 0.310 e. The van der Waals surface area contributed by atoms with Crippen molar-refractivity contribution in [3.63, 3.8) is 0 Å². The number of alkyl halides is 1. The number of hydrogen-bond donors (Lipinski definition) is 1. The second kappa shape index (κ2) is 4.42. The summed E-state index contributed by atoms with van der Waals surface area (Å²) in [6, 6.07) is 7.56. The summed E-state index contributed by atoms with van der Waals surface area (Å²) in [5, 5.41) is 9.54. The standard InChI is InChI=1S/C10H11BrO2/c1-7(10(12)13)9-5-3-2-4-8(9)6-11/h2-5,7H,6H2,1H3,(H,12,13)/t7-/m1/s1. The van der Waals surface area contributed by atoms with Crippen LogP contribution in [-0.4, -0.2) is 11.1 Å². The second-order valence-electron chi connectivity index (χ2n) is 2.89. The van der Waals surface area contributed by atoms with Crippen molar-refractivity contribution in [1.82, 2.24) is 0 Å². The van der Waals surface area contributed by atoms with Gasteiger partial charge in [-0.1, -0.05) is 40.2 Å². The number of carboxylic acid groups (broad SMARTS) is 1. The van der Waals surface area contributed by atoms with E-state index < -0.39 is 11.9 Å². The minimum atomic E-state index is -0.784. The van der Waals surface area contributed by atoms with Gasteiger partial charge in [-0.3, -0.25) is 4.79 Å². The Labute approximate surface area is 85.7 Å². The number of halogens is 1. The van der Waals surface area contributed by atoms with Gasteiger partial charge < -0.3 is 5.11 Å². The lowest BCUT2D eigenvalue weighted by atomic mass is 9.97. The molecule has 0 bridgehead atoms. The Balaban J connectivity index is 3.05. The smallest absolute Gasteiger partial charge is 0.310 e. The van der Waals surface area contributed by atoms with Crippen LogP contribution in [0.4, 0.5) is 0 Å². The summed E-state index contributed by atoms with van der Waals surface area (Å²) in [6.45, 7) is 1.70. The van der Waals surface area contributed by atoms with E-state index in [1.54, 1.807) is 6.92 Å². The highest BCUT2D eigenvalue weighted by Crippen LogP contribution is 2.21. The molecule has 13 heavy (non-hydrogen) atoms. The van der Waals surface area contributed by atoms with Crippen LogP contribution in [0.15, 0.2) is 24.3 Å². The lowest BCUT2D eigenvalue weighted by Crippen LogP contribution is -2.09. The lowest BCUT2D eigenvalue weighted by molar-refractivity contribution is -0.138. The van der Waals surface area contributed by atoms with Crippen molar-refractivity contribution in [2.45, 2.75) is 18.2 Å². The molecule has 0 aliphatic heterocycles. The first-order valence-corrected chi connectivity index (χ1v) is 5.15. The van der Waals surface area contributed by atoms with Crippen molar-refractivity contribution in [2.75, 3.05) is 0 Å². The number of benzene rings is 1. The normalized spacial score (nSPS) is 12.5. The zero-order valence-corrected chi connectivity index (χ0v) is 8.91. The van der Waals surface area contributed by atoms with Gasteiger partial charge in [0.15, 0.2) is 0 Å². The fourth-order valence-electron chi connectivity index (χ4n) is 1.21. The van der Waals surface area contributed by atoms with Crippen molar-refractivity contribution in [3.8, 4) is 0 Å². The van der Waals surface area contributed by atoms with Gasteiger partial charge in [-0.05, 0) is 18.1 Å². The molecule has 0 saturated carbocycles. The number of carboxylic acids is 1. The molecule has 0 aliphatic rings. The van der Waals surface area contributed by atoms with Crippen LogP contribution in [0.25, 0.3) is 0 Å². The third-order valence-corrected chi connectivity index (χ3v) is 2.64. The van der Waals surface area contributed by atoms with Gasteiger partial charge in [-0.15, -0.1) is 0 Å². The van der Waals surface area contributed by atoms with E-state index in [1.807, 2.05) is 24.3 Å². The van der Waals surface area contributed by atoms with Crippen LogP contribution in [0.5, 0.6) is 0 Å². The highest BCUT2D eigenvalue weighted by atomic mass is 79.9. The Bertz CT molecular complexity index is 310. The second-order valence-corrected chi connectivity index (χ2v) is 3.45. The van der Waals surface area contributed by atoms with Crippen LogP contribution in [0.1, 0.15) is 24.0 Å². The van der Waals surface area contributed by atoms with Crippen molar-refractivity contribution in [3.05, 3.63) is 35.4 Å². The summed E-state index contributed by atoms with van der Waals surface area (Å²) in [5.74, 6) is -1.22. The van der Waals surface area contributed by atoms with Crippen LogP contribution in [0.3, 0.4) is 0 Å². The summed E-state index contributed by atoms with van der Waals surface area (Å²) in [4.78, 5) is 10.8. The average molecular weight is 243 g/mol. The highest BCUT2D eigenvalue weighted by molar-refractivity contribution is 9.08. The molecule has 0 aromatic heterocycles. The summed E-state index contributed by atoms with van der Waals surface area (Å²) in [6.07, 6.45) is 0. The molecule has 3 heteroatoms. The Hall–Kier alpha value is -0.830.